The fourth-order valence-electron chi connectivity index (χ4n) is 2.95. The molecule has 0 unspecified atom stereocenters. The van der Waals surface area contributed by atoms with E-state index in [1.54, 1.807) is 11.8 Å². The molecule has 1 saturated heterocycles. The third-order valence-corrected chi connectivity index (χ3v) is 5.34. The van der Waals surface area contributed by atoms with E-state index in [4.69, 9.17) is 0 Å². The zero-order chi connectivity index (χ0) is 16.9. The molecular formula is C20H19N3S. The highest BCUT2D eigenvalue weighted by atomic mass is 32.2. The van der Waals surface area contributed by atoms with E-state index in [0.29, 0.717) is 11.1 Å². The van der Waals surface area contributed by atoms with Crippen LogP contribution in [0, 0.1) is 29.6 Å². The largest absolute Gasteiger partial charge is 0.371 e. The van der Waals surface area contributed by atoms with E-state index in [1.807, 2.05) is 12.1 Å². The van der Waals surface area contributed by atoms with Crippen LogP contribution < -0.4 is 4.90 Å². The van der Waals surface area contributed by atoms with E-state index in [9.17, 15) is 10.5 Å². The molecule has 0 saturated carbocycles. The first-order chi connectivity index (χ1) is 11.7. The van der Waals surface area contributed by atoms with Gasteiger partial charge >= 0.3 is 0 Å². The van der Waals surface area contributed by atoms with Crippen molar-refractivity contribution in [3.8, 4) is 12.1 Å². The van der Waals surface area contributed by atoms with Crippen LogP contribution in [0.25, 0.3) is 0 Å². The fraction of sp³-hybridized carbons (Fsp3) is 0.300. The number of benzene rings is 2. The number of rotatable bonds is 3. The molecule has 0 N–H and O–H groups in total. The molecule has 2 aromatic rings. The highest BCUT2D eigenvalue weighted by Gasteiger charge is 2.18. The van der Waals surface area contributed by atoms with E-state index in [0.717, 1.165) is 28.6 Å². The van der Waals surface area contributed by atoms with Crippen LogP contribution in [0.3, 0.4) is 0 Å². The molecule has 1 aliphatic rings. The molecule has 120 valence electrons. The molecule has 0 bridgehead atoms. The topological polar surface area (TPSA) is 50.8 Å². The molecule has 0 atom stereocenters. The minimum absolute atomic E-state index is 0.452. The Morgan fingerprint density at radius 1 is 0.917 bits per heavy atom. The Kier molecular flexibility index (Phi) is 5.08. The first kappa shape index (κ1) is 16.4. The highest BCUT2D eigenvalue weighted by molar-refractivity contribution is 7.99. The summed E-state index contributed by atoms with van der Waals surface area (Å²) in [7, 11) is 0. The van der Waals surface area contributed by atoms with Crippen LogP contribution in [0.15, 0.2) is 46.2 Å². The van der Waals surface area contributed by atoms with E-state index in [2.05, 4.69) is 48.2 Å². The second-order valence-corrected chi connectivity index (χ2v) is 7.17. The normalized spacial score (nSPS) is 14.0. The third kappa shape index (κ3) is 3.55. The molecule has 4 heteroatoms. The van der Waals surface area contributed by atoms with Crippen molar-refractivity contribution >= 4 is 17.4 Å². The number of anilines is 1. The van der Waals surface area contributed by atoms with Gasteiger partial charge in [0.2, 0.25) is 0 Å². The first-order valence-corrected chi connectivity index (χ1v) is 9.00. The zero-order valence-electron chi connectivity index (χ0n) is 13.7. The smallest absolute Gasteiger partial charge is 0.101 e. The van der Waals surface area contributed by atoms with E-state index < -0.39 is 0 Å². The second-order valence-electron chi connectivity index (χ2n) is 6.05. The van der Waals surface area contributed by atoms with Gasteiger partial charge in [0.15, 0.2) is 0 Å². The van der Waals surface area contributed by atoms with Crippen molar-refractivity contribution in [2.75, 3.05) is 18.0 Å². The number of aryl methyl sites for hydroxylation is 1. The lowest BCUT2D eigenvalue weighted by Crippen LogP contribution is -2.29. The summed E-state index contributed by atoms with van der Waals surface area (Å²) in [5.74, 6) is 0. The molecule has 0 aliphatic carbocycles. The van der Waals surface area contributed by atoms with Gasteiger partial charge in [-0.2, -0.15) is 10.5 Å². The summed E-state index contributed by atoms with van der Waals surface area (Å²) in [5.41, 5.74) is 3.23. The summed E-state index contributed by atoms with van der Waals surface area (Å²) in [6, 6.07) is 16.5. The Balaban J connectivity index is 2.02. The van der Waals surface area contributed by atoms with Crippen molar-refractivity contribution in [1.29, 1.82) is 10.5 Å². The van der Waals surface area contributed by atoms with Gasteiger partial charge in [0, 0.05) is 22.9 Å². The lowest BCUT2D eigenvalue weighted by Gasteiger charge is -2.30. The van der Waals surface area contributed by atoms with Gasteiger partial charge in [0.25, 0.3) is 0 Å². The lowest BCUT2D eigenvalue weighted by molar-refractivity contribution is 0.575. The van der Waals surface area contributed by atoms with Gasteiger partial charge in [-0.3, -0.25) is 0 Å². The first-order valence-electron chi connectivity index (χ1n) is 8.19. The fourth-order valence-corrected chi connectivity index (χ4v) is 3.95. The number of piperidine rings is 1. The predicted molar refractivity (Wildman–Crippen MR) is 97.2 cm³/mol. The molecule has 3 nitrogen and oxygen atoms in total. The van der Waals surface area contributed by atoms with Crippen LogP contribution in [-0.4, -0.2) is 13.1 Å². The standard InChI is InChI=1S/C20H19N3S/c1-15-5-7-18(8-6-15)24-20-12-17(14-22)16(13-21)11-19(20)23-9-3-2-4-10-23/h5-8,11-12H,2-4,9-10H2,1H3. The predicted octanol–water partition coefficient (Wildman–Crippen LogP) is 4.88. The number of hydrogen-bond donors (Lipinski definition) is 0. The number of nitrogens with zero attached hydrogens (tertiary/aromatic N) is 3. The summed E-state index contributed by atoms with van der Waals surface area (Å²) in [4.78, 5) is 4.55. The average molecular weight is 333 g/mol. The molecule has 24 heavy (non-hydrogen) atoms. The van der Waals surface area contributed by atoms with Crippen molar-refractivity contribution < 1.29 is 0 Å². The Morgan fingerprint density at radius 2 is 1.54 bits per heavy atom. The van der Waals surface area contributed by atoms with Crippen LogP contribution in [0.1, 0.15) is 36.0 Å². The van der Waals surface area contributed by atoms with Crippen molar-refractivity contribution in [1.82, 2.24) is 0 Å². The maximum Gasteiger partial charge on any atom is 0.101 e. The maximum atomic E-state index is 9.36. The summed E-state index contributed by atoms with van der Waals surface area (Å²) in [6.45, 7) is 4.10. The molecule has 0 spiro atoms. The minimum atomic E-state index is 0.452. The lowest BCUT2D eigenvalue weighted by atomic mass is 10.1. The van der Waals surface area contributed by atoms with E-state index >= 15 is 0 Å². The van der Waals surface area contributed by atoms with Gasteiger partial charge in [-0.05, 0) is 50.5 Å². The van der Waals surface area contributed by atoms with Crippen molar-refractivity contribution in [3.05, 3.63) is 53.1 Å². The van der Waals surface area contributed by atoms with E-state index in [1.165, 1.54) is 24.8 Å². The number of hydrogen-bond acceptors (Lipinski definition) is 4. The Hall–Kier alpha value is -2.43. The van der Waals surface area contributed by atoms with Crippen molar-refractivity contribution in [3.63, 3.8) is 0 Å². The monoisotopic (exact) mass is 333 g/mol. The highest BCUT2D eigenvalue weighted by Crippen LogP contribution is 2.38. The molecule has 3 rings (SSSR count). The quantitative estimate of drug-likeness (QED) is 0.803. The minimum Gasteiger partial charge on any atom is -0.371 e. The van der Waals surface area contributed by atoms with Crippen LogP contribution >= 0.6 is 11.8 Å². The van der Waals surface area contributed by atoms with Crippen molar-refractivity contribution in [2.24, 2.45) is 0 Å². The molecule has 0 amide bonds. The van der Waals surface area contributed by atoms with Crippen LogP contribution in [0.5, 0.6) is 0 Å². The van der Waals surface area contributed by atoms with Gasteiger partial charge in [0.05, 0.1) is 16.8 Å². The summed E-state index contributed by atoms with van der Waals surface area (Å²) in [6.07, 6.45) is 3.62. The second kappa shape index (κ2) is 7.43. The molecule has 1 heterocycles. The molecular weight excluding hydrogens is 314 g/mol. The zero-order valence-corrected chi connectivity index (χ0v) is 14.6. The van der Waals surface area contributed by atoms with Gasteiger partial charge in [0.1, 0.15) is 12.1 Å². The van der Waals surface area contributed by atoms with E-state index in [-0.39, 0.29) is 0 Å². The van der Waals surface area contributed by atoms with Crippen LogP contribution in [0.4, 0.5) is 5.69 Å². The Labute approximate surface area is 147 Å². The molecule has 1 fully saturated rings. The summed E-state index contributed by atoms with van der Waals surface area (Å²) >= 11 is 1.66. The number of nitriles is 2. The SMILES string of the molecule is Cc1ccc(Sc2cc(C#N)c(C#N)cc2N2CCCCC2)cc1. The van der Waals surface area contributed by atoms with Crippen molar-refractivity contribution in [2.45, 2.75) is 36.0 Å². The maximum absolute atomic E-state index is 9.36. The molecule has 0 aromatic heterocycles. The Morgan fingerprint density at radius 3 is 2.17 bits per heavy atom. The third-order valence-electron chi connectivity index (χ3n) is 4.29. The van der Waals surface area contributed by atoms with Crippen LogP contribution in [0.2, 0.25) is 0 Å². The molecule has 0 radical (unpaired) electrons. The molecule has 2 aromatic carbocycles. The Bertz CT molecular complexity index is 807. The van der Waals surface area contributed by atoms with Gasteiger partial charge in [-0.1, -0.05) is 29.5 Å². The van der Waals surface area contributed by atoms with Gasteiger partial charge in [-0.25, -0.2) is 0 Å². The summed E-state index contributed by atoms with van der Waals surface area (Å²) in [5, 5.41) is 18.7. The summed E-state index contributed by atoms with van der Waals surface area (Å²) < 4.78 is 0. The average Bonchev–Trinajstić information content (AvgIpc) is 2.64. The van der Waals surface area contributed by atoms with Gasteiger partial charge < -0.3 is 4.90 Å². The van der Waals surface area contributed by atoms with Gasteiger partial charge in [-0.15, -0.1) is 0 Å². The van der Waals surface area contributed by atoms with Crippen LogP contribution in [-0.2, 0) is 0 Å². The molecule has 1 aliphatic heterocycles.